The van der Waals surface area contributed by atoms with Crippen LogP contribution < -0.4 is 21.3 Å². The molecule has 1 saturated carbocycles. The molecule has 170 valence electrons. The summed E-state index contributed by atoms with van der Waals surface area (Å²) in [6.07, 6.45) is -0.530. The Balaban J connectivity index is 1.53. The highest BCUT2D eigenvalue weighted by Crippen LogP contribution is 2.41. The summed E-state index contributed by atoms with van der Waals surface area (Å²) < 4.78 is 58.5. The van der Waals surface area contributed by atoms with Gasteiger partial charge < -0.3 is 15.4 Å². The number of ether oxygens (including phenoxy) is 1. The number of amides is 1. The third-order valence-electron chi connectivity index (χ3n) is 5.74. The van der Waals surface area contributed by atoms with Crippen molar-refractivity contribution >= 4 is 11.6 Å². The Kier molecular flexibility index (Phi) is 5.68. The van der Waals surface area contributed by atoms with Crippen LogP contribution in [-0.2, 0) is 6.18 Å². The molecule has 2 aliphatic rings. The number of likely N-dealkylation sites (tertiary alicyclic amines) is 1. The first-order valence-electron chi connectivity index (χ1n) is 9.90. The Morgan fingerprint density at radius 2 is 2.03 bits per heavy atom. The van der Waals surface area contributed by atoms with Crippen LogP contribution in [0.5, 0.6) is 5.88 Å². The van der Waals surface area contributed by atoms with E-state index in [1.54, 1.807) is 4.90 Å². The largest absolute Gasteiger partial charge is 0.472 e. The van der Waals surface area contributed by atoms with Gasteiger partial charge >= 0.3 is 6.18 Å². The number of hydrazine groups is 1. The van der Waals surface area contributed by atoms with Crippen LogP contribution in [0.3, 0.4) is 0 Å². The Bertz CT molecular complexity index is 1030. The Labute approximate surface area is 181 Å². The van der Waals surface area contributed by atoms with Crippen LogP contribution in [0, 0.1) is 11.7 Å². The average molecular weight is 451 g/mol. The number of hydrogen-bond donors (Lipinski definition) is 2. The van der Waals surface area contributed by atoms with Crippen molar-refractivity contribution < 1.29 is 27.1 Å². The van der Waals surface area contributed by atoms with Crippen molar-refractivity contribution in [3.05, 3.63) is 65.9 Å². The van der Waals surface area contributed by atoms with Crippen molar-refractivity contribution in [2.45, 2.75) is 31.2 Å². The molecule has 3 atom stereocenters. The average Bonchev–Trinajstić information content (AvgIpc) is 3.33. The number of anilines is 1. The van der Waals surface area contributed by atoms with Crippen LogP contribution in [0.1, 0.15) is 28.8 Å². The lowest BCUT2D eigenvalue weighted by Crippen LogP contribution is -2.47. The number of aromatic nitrogens is 1. The Morgan fingerprint density at radius 1 is 1.25 bits per heavy atom. The van der Waals surface area contributed by atoms with Crippen LogP contribution in [0.15, 0.2) is 48.9 Å². The maximum Gasteiger partial charge on any atom is 0.417 e. The van der Waals surface area contributed by atoms with Gasteiger partial charge in [0.05, 0.1) is 17.2 Å². The number of rotatable bonds is 5. The minimum atomic E-state index is -4.49. The number of benzene rings is 1. The van der Waals surface area contributed by atoms with E-state index in [0.29, 0.717) is 25.6 Å². The van der Waals surface area contributed by atoms with Crippen molar-refractivity contribution in [1.29, 1.82) is 0 Å². The molecule has 2 heterocycles. The van der Waals surface area contributed by atoms with E-state index in [1.165, 1.54) is 24.4 Å². The molecule has 1 amide bonds. The molecule has 0 spiro atoms. The highest BCUT2D eigenvalue weighted by molar-refractivity contribution is 6.00. The van der Waals surface area contributed by atoms with Gasteiger partial charge in [0.15, 0.2) is 0 Å². The summed E-state index contributed by atoms with van der Waals surface area (Å²) in [6.45, 7) is 0.469. The minimum Gasteiger partial charge on any atom is -0.472 e. The number of nitrogens with two attached hydrogens (primary N) is 2. The lowest BCUT2D eigenvalue weighted by Gasteiger charge is -2.34. The number of carbonyl (C=O) groups excluding carboxylic acids is 1. The molecule has 32 heavy (non-hydrogen) atoms. The maximum absolute atomic E-state index is 14.5. The number of halogens is 4. The molecule has 1 aromatic carbocycles. The van der Waals surface area contributed by atoms with Gasteiger partial charge in [-0.1, -0.05) is 6.07 Å². The van der Waals surface area contributed by atoms with Crippen LogP contribution in [0.25, 0.3) is 0 Å². The molecule has 2 fully saturated rings. The molecule has 11 heteroatoms. The number of fused-ring (bicyclic) bond motifs is 2. The van der Waals surface area contributed by atoms with Crippen LogP contribution in [0.4, 0.5) is 23.2 Å². The molecule has 2 bridgehead atoms. The molecule has 1 saturated heterocycles. The molecule has 3 unspecified atom stereocenters. The second kappa shape index (κ2) is 8.30. The van der Waals surface area contributed by atoms with Crippen molar-refractivity contribution in [3.8, 4) is 5.88 Å². The summed E-state index contributed by atoms with van der Waals surface area (Å²) in [6, 6.07) is 5.83. The van der Waals surface area contributed by atoms with Crippen molar-refractivity contribution in [3.63, 3.8) is 0 Å². The van der Waals surface area contributed by atoms with Crippen molar-refractivity contribution in [2.75, 3.05) is 11.6 Å². The zero-order chi connectivity index (χ0) is 23.0. The van der Waals surface area contributed by atoms with Gasteiger partial charge in [0.1, 0.15) is 17.6 Å². The molecule has 7 nitrogen and oxygen atoms in total. The lowest BCUT2D eigenvalue weighted by atomic mass is 10.1. The van der Waals surface area contributed by atoms with Gasteiger partial charge in [0, 0.05) is 31.2 Å². The molecular formula is C21H21F4N5O2. The molecule has 0 radical (unpaired) electrons. The summed E-state index contributed by atoms with van der Waals surface area (Å²) >= 11 is 0. The van der Waals surface area contributed by atoms with E-state index in [0.717, 1.165) is 23.3 Å². The number of para-hydroxylation sites is 1. The monoisotopic (exact) mass is 451 g/mol. The Morgan fingerprint density at radius 3 is 2.66 bits per heavy atom. The SMILES string of the molecule is N/C=C\N(N)c1c(F)cccc1C(=O)N1CC2CC(Oc3ccc(C(F)(F)F)cn3)C1C2. The van der Waals surface area contributed by atoms with Gasteiger partial charge in [-0.25, -0.2) is 15.2 Å². The standard InChI is InChI=1S/C21H21F4N5O2/c22-15-3-1-2-14(19(15)30(27)7-6-26)20(31)29-11-12-8-16(29)17(9-12)32-18-5-4-13(10-28-18)21(23,24)25/h1-7,10,12,16-17H,8-9,11,26-27H2/b7-6-. The first kappa shape index (κ1) is 21.9. The maximum atomic E-state index is 14.5. The smallest absolute Gasteiger partial charge is 0.417 e. The molecular weight excluding hydrogens is 430 g/mol. The normalized spacial score (nSPS) is 22.5. The van der Waals surface area contributed by atoms with E-state index in [2.05, 4.69) is 4.98 Å². The molecule has 1 aliphatic carbocycles. The fourth-order valence-electron chi connectivity index (χ4n) is 4.37. The predicted molar refractivity (Wildman–Crippen MR) is 108 cm³/mol. The van der Waals surface area contributed by atoms with Crippen LogP contribution in [0.2, 0.25) is 0 Å². The quantitative estimate of drug-likeness (QED) is 0.412. The number of carbonyl (C=O) groups is 1. The summed E-state index contributed by atoms with van der Waals surface area (Å²) in [5.41, 5.74) is 4.43. The molecule has 4 N–H and O–H groups in total. The van der Waals surface area contributed by atoms with Gasteiger partial charge in [-0.2, -0.15) is 13.2 Å². The number of nitrogens with zero attached hydrogens (tertiary/aromatic N) is 3. The van der Waals surface area contributed by atoms with Crippen molar-refractivity contribution in [2.24, 2.45) is 17.5 Å². The highest BCUT2D eigenvalue weighted by atomic mass is 19.4. The van der Waals surface area contributed by atoms with Gasteiger partial charge in [-0.3, -0.25) is 9.80 Å². The summed E-state index contributed by atoms with van der Waals surface area (Å²) in [5, 5.41) is 0.941. The number of alkyl halides is 3. The zero-order valence-electron chi connectivity index (χ0n) is 16.8. The van der Waals surface area contributed by atoms with E-state index >= 15 is 0 Å². The van der Waals surface area contributed by atoms with Crippen molar-refractivity contribution in [1.82, 2.24) is 9.88 Å². The number of pyridine rings is 1. The number of hydrogen-bond acceptors (Lipinski definition) is 6. The third-order valence-corrected chi connectivity index (χ3v) is 5.74. The van der Waals surface area contributed by atoms with Gasteiger partial charge in [-0.15, -0.1) is 0 Å². The fraction of sp³-hybridized carbons (Fsp3) is 0.333. The molecule has 4 rings (SSSR count). The molecule has 1 aromatic heterocycles. The highest BCUT2D eigenvalue weighted by Gasteiger charge is 2.49. The summed E-state index contributed by atoms with van der Waals surface area (Å²) in [5.74, 6) is 4.96. The van der Waals surface area contributed by atoms with E-state index < -0.39 is 29.6 Å². The fourth-order valence-corrected chi connectivity index (χ4v) is 4.37. The molecule has 2 aromatic rings. The second-order valence-electron chi connectivity index (χ2n) is 7.79. The number of piperidine rings is 1. The molecule has 1 aliphatic heterocycles. The van der Waals surface area contributed by atoms with Gasteiger partial charge in [0.25, 0.3) is 5.91 Å². The minimum absolute atomic E-state index is 0.0515. The van der Waals surface area contributed by atoms with Gasteiger partial charge in [0.2, 0.25) is 5.88 Å². The van der Waals surface area contributed by atoms with E-state index in [1.807, 2.05) is 0 Å². The second-order valence-corrected chi connectivity index (χ2v) is 7.79. The third kappa shape index (κ3) is 4.07. The lowest BCUT2D eigenvalue weighted by molar-refractivity contribution is -0.137. The predicted octanol–water partition coefficient (Wildman–Crippen LogP) is 3.03. The first-order valence-corrected chi connectivity index (χ1v) is 9.90. The van der Waals surface area contributed by atoms with Gasteiger partial charge in [-0.05, 0) is 37.0 Å². The van der Waals surface area contributed by atoms with Crippen LogP contribution in [-0.4, -0.2) is 34.5 Å². The van der Waals surface area contributed by atoms with Crippen LogP contribution >= 0.6 is 0 Å². The first-order chi connectivity index (χ1) is 15.2. The summed E-state index contributed by atoms with van der Waals surface area (Å²) in [4.78, 5) is 18.6. The Hall–Kier alpha value is -3.34. The topological polar surface area (TPSA) is 97.7 Å². The van der Waals surface area contributed by atoms with E-state index in [9.17, 15) is 22.4 Å². The van der Waals surface area contributed by atoms with E-state index in [4.69, 9.17) is 16.3 Å². The van der Waals surface area contributed by atoms with E-state index in [-0.39, 0.29) is 29.1 Å². The summed E-state index contributed by atoms with van der Waals surface area (Å²) in [7, 11) is 0. The zero-order valence-corrected chi connectivity index (χ0v) is 16.8.